The van der Waals surface area contributed by atoms with Crippen LogP contribution in [0.1, 0.15) is 40.1 Å². The van der Waals surface area contributed by atoms with Crippen LogP contribution >= 0.6 is 0 Å². The molecular formula is C20H24N4O6S. The number of aryl methyl sites for hydroxylation is 1. The fourth-order valence-corrected chi connectivity index (χ4v) is 5.18. The third-order valence-electron chi connectivity index (χ3n) is 5.26. The summed E-state index contributed by atoms with van der Waals surface area (Å²) in [7, 11) is -2.08. The molecule has 0 bridgehead atoms. The summed E-state index contributed by atoms with van der Waals surface area (Å²) in [5.74, 6) is -0.160. The largest absolute Gasteiger partial charge is 0.486 e. The summed E-state index contributed by atoms with van der Waals surface area (Å²) in [6.07, 6.45) is 4.07. The van der Waals surface area contributed by atoms with E-state index in [4.69, 9.17) is 9.47 Å². The molecule has 166 valence electrons. The summed E-state index contributed by atoms with van der Waals surface area (Å²) in [4.78, 5) is 25.0. The number of hydrogen-bond donors (Lipinski definition) is 2. The Morgan fingerprint density at radius 1 is 0.935 bits per heavy atom. The third kappa shape index (κ3) is 4.37. The Balaban J connectivity index is 1.42. The van der Waals surface area contributed by atoms with Crippen LogP contribution < -0.4 is 20.3 Å². The van der Waals surface area contributed by atoms with Crippen LogP contribution in [0.25, 0.3) is 0 Å². The van der Waals surface area contributed by atoms with Gasteiger partial charge in [-0.15, -0.1) is 0 Å². The van der Waals surface area contributed by atoms with Crippen LogP contribution in [0.2, 0.25) is 0 Å². The van der Waals surface area contributed by atoms with Crippen LogP contribution in [0.3, 0.4) is 0 Å². The minimum absolute atomic E-state index is 0.0558. The summed E-state index contributed by atoms with van der Waals surface area (Å²) in [6.45, 7) is 1.79. The molecule has 0 radical (unpaired) electrons. The molecule has 1 aromatic heterocycles. The Labute approximate surface area is 180 Å². The smallest absolute Gasteiger partial charge is 0.286 e. The van der Waals surface area contributed by atoms with Gasteiger partial charge in [0.25, 0.3) is 11.8 Å². The van der Waals surface area contributed by atoms with E-state index in [-0.39, 0.29) is 16.2 Å². The maximum absolute atomic E-state index is 12.8. The van der Waals surface area contributed by atoms with Crippen LogP contribution in [-0.4, -0.2) is 55.4 Å². The number of aromatic nitrogens is 1. The summed E-state index contributed by atoms with van der Waals surface area (Å²) in [6, 6.07) is 6.03. The minimum Gasteiger partial charge on any atom is -0.486 e. The van der Waals surface area contributed by atoms with Crippen molar-refractivity contribution in [2.24, 2.45) is 7.05 Å². The zero-order chi connectivity index (χ0) is 22.0. The normalized spacial score (nSPS) is 16.5. The van der Waals surface area contributed by atoms with Crippen molar-refractivity contribution in [3.63, 3.8) is 0 Å². The molecule has 1 fully saturated rings. The second kappa shape index (κ2) is 8.60. The Morgan fingerprint density at radius 2 is 1.61 bits per heavy atom. The lowest BCUT2D eigenvalue weighted by Crippen LogP contribution is -2.42. The summed E-state index contributed by atoms with van der Waals surface area (Å²) < 4.78 is 39.4. The lowest BCUT2D eigenvalue weighted by molar-refractivity contribution is 0.0841. The van der Waals surface area contributed by atoms with E-state index in [1.165, 1.54) is 27.2 Å². The molecule has 1 saturated heterocycles. The number of rotatable bonds is 4. The molecule has 10 nitrogen and oxygen atoms in total. The minimum atomic E-state index is -3.66. The quantitative estimate of drug-likeness (QED) is 0.675. The Bertz CT molecular complexity index is 1100. The van der Waals surface area contributed by atoms with Crippen molar-refractivity contribution >= 4 is 21.8 Å². The van der Waals surface area contributed by atoms with Crippen LogP contribution in [0.15, 0.2) is 35.4 Å². The number of carbonyl (C=O) groups excluding carboxylic acids is 2. The number of nitrogens with one attached hydrogen (secondary N) is 2. The van der Waals surface area contributed by atoms with Gasteiger partial charge in [0.2, 0.25) is 10.0 Å². The predicted molar refractivity (Wildman–Crippen MR) is 110 cm³/mol. The fraction of sp³-hybridized carbons (Fsp3) is 0.400. The molecule has 0 spiro atoms. The molecule has 31 heavy (non-hydrogen) atoms. The monoisotopic (exact) mass is 448 g/mol. The van der Waals surface area contributed by atoms with E-state index in [0.717, 1.165) is 19.3 Å². The Hall–Kier alpha value is -3.05. The highest BCUT2D eigenvalue weighted by Gasteiger charge is 2.28. The molecule has 2 amide bonds. The van der Waals surface area contributed by atoms with Crippen molar-refractivity contribution in [1.82, 2.24) is 19.7 Å². The third-order valence-corrected chi connectivity index (χ3v) is 7.12. The first kappa shape index (κ1) is 21.2. The van der Waals surface area contributed by atoms with Gasteiger partial charge in [-0.2, -0.15) is 4.31 Å². The SMILES string of the molecule is Cn1cc(S(=O)(=O)N2CCCCC2)cc1C(=O)NNC(=O)c1ccc2c(c1)OCCO2. The maximum Gasteiger partial charge on any atom is 0.286 e. The van der Waals surface area contributed by atoms with Gasteiger partial charge in [-0.25, -0.2) is 8.42 Å². The average molecular weight is 449 g/mol. The highest BCUT2D eigenvalue weighted by Crippen LogP contribution is 2.30. The van der Waals surface area contributed by atoms with Crippen molar-refractivity contribution in [3.8, 4) is 11.5 Å². The highest BCUT2D eigenvalue weighted by molar-refractivity contribution is 7.89. The molecule has 4 rings (SSSR count). The van der Waals surface area contributed by atoms with Gasteiger partial charge in [0.15, 0.2) is 11.5 Å². The van der Waals surface area contributed by atoms with Gasteiger partial charge in [-0.3, -0.25) is 20.4 Å². The van der Waals surface area contributed by atoms with E-state index < -0.39 is 21.8 Å². The van der Waals surface area contributed by atoms with Crippen LogP contribution in [0.4, 0.5) is 0 Å². The number of fused-ring (bicyclic) bond motifs is 1. The standard InChI is InChI=1S/C20H24N4O6S/c1-23-13-15(31(27,28)24-7-3-2-4-8-24)12-16(23)20(26)22-21-19(25)14-5-6-17-18(11-14)30-10-9-29-17/h5-6,11-13H,2-4,7-10H2,1H3,(H,21,25)(H,22,26). The van der Waals surface area contributed by atoms with Gasteiger partial charge in [-0.05, 0) is 37.1 Å². The van der Waals surface area contributed by atoms with Gasteiger partial charge < -0.3 is 14.0 Å². The van der Waals surface area contributed by atoms with Gasteiger partial charge in [0.1, 0.15) is 23.8 Å². The molecule has 2 aliphatic heterocycles. The second-order valence-corrected chi connectivity index (χ2v) is 9.34. The van der Waals surface area contributed by atoms with E-state index in [2.05, 4.69) is 10.9 Å². The molecule has 0 saturated carbocycles. The average Bonchev–Trinajstić information content (AvgIpc) is 3.20. The first-order valence-electron chi connectivity index (χ1n) is 10.0. The van der Waals surface area contributed by atoms with Gasteiger partial charge in [0, 0.05) is 31.9 Å². The van der Waals surface area contributed by atoms with Crippen molar-refractivity contribution in [2.45, 2.75) is 24.2 Å². The van der Waals surface area contributed by atoms with Gasteiger partial charge in [0.05, 0.1) is 0 Å². The Morgan fingerprint density at radius 3 is 2.35 bits per heavy atom. The summed E-state index contributed by atoms with van der Waals surface area (Å²) in [5, 5.41) is 0. The van der Waals surface area contributed by atoms with E-state index in [9.17, 15) is 18.0 Å². The fourth-order valence-electron chi connectivity index (χ4n) is 3.59. The van der Waals surface area contributed by atoms with Gasteiger partial charge in [-0.1, -0.05) is 6.42 Å². The summed E-state index contributed by atoms with van der Waals surface area (Å²) >= 11 is 0. The Kier molecular flexibility index (Phi) is 5.88. The van der Waals surface area contributed by atoms with Crippen LogP contribution in [-0.2, 0) is 17.1 Å². The van der Waals surface area contributed by atoms with E-state index >= 15 is 0 Å². The molecule has 3 heterocycles. The lowest BCUT2D eigenvalue weighted by atomic mass is 10.2. The number of hydrazine groups is 1. The molecule has 0 unspecified atom stereocenters. The number of nitrogens with zero attached hydrogens (tertiary/aromatic N) is 2. The van der Waals surface area contributed by atoms with Crippen molar-refractivity contribution in [2.75, 3.05) is 26.3 Å². The first-order valence-corrected chi connectivity index (χ1v) is 11.5. The number of sulfonamides is 1. The van der Waals surface area contributed by atoms with Crippen molar-refractivity contribution in [3.05, 3.63) is 41.7 Å². The van der Waals surface area contributed by atoms with E-state index in [1.807, 2.05) is 0 Å². The number of hydrogen-bond acceptors (Lipinski definition) is 6. The van der Waals surface area contributed by atoms with E-state index in [0.29, 0.717) is 37.8 Å². The molecule has 2 aliphatic rings. The summed E-state index contributed by atoms with van der Waals surface area (Å²) in [5.41, 5.74) is 5.05. The van der Waals surface area contributed by atoms with E-state index in [1.54, 1.807) is 19.2 Å². The molecule has 0 aliphatic carbocycles. The van der Waals surface area contributed by atoms with Gasteiger partial charge >= 0.3 is 0 Å². The van der Waals surface area contributed by atoms with Crippen LogP contribution in [0, 0.1) is 0 Å². The number of ether oxygens (including phenoxy) is 2. The lowest BCUT2D eigenvalue weighted by Gasteiger charge is -2.25. The molecule has 2 aromatic rings. The molecular weight excluding hydrogens is 424 g/mol. The topological polar surface area (TPSA) is 119 Å². The highest BCUT2D eigenvalue weighted by atomic mass is 32.2. The number of piperidine rings is 1. The van der Waals surface area contributed by atoms with Crippen LogP contribution in [0.5, 0.6) is 11.5 Å². The second-order valence-electron chi connectivity index (χ2n) is 7.40. The molecule has 1 aromatic carbocycles. The maximum atomic E-state index is 12.8. The first-order chi connectivity index (χ1) is 14.9. The number of benzene rings is 1. The number of amides is 2. The zero-order valence-electron chi connectivity index (χ0n) is 17.1. The molecule has 11 heteroatoms. The van der Waals surface area contributed by atoms with Crippen molar-refractivity contribution in [1.29, 1.82) is 0 Å². The predicted octanol–water partition coefficient (Wildman–Crippen LogP) is 1.05. The number of carbonyl (C=O) groups is 2. The molecule has 2 N–H and O–H groups in total. The molecule has 0 atom stereocenters. The zero-order valence-corrected chi connectivity index (χ0v) is 17.9. The van der Waals surface area contributed by atoms with Crippen molar-refractivity contribution < 1.29 is 27.5 Å².